The molecule has 0 unspecified atom stereocenters. The number of thioether (sulfide) groups is 1. The van der Waals surface area contributed by atoms with Gasteiger partial charge in [0.05, 0.1) is 22.7 Å². The molecule has 2 aromatic heterocycles. The Morgan fingerprint density at radius 2 is 1.76 bits per heavy atom. The third kappa shape index (κ3) is 5.05. The van der Waals surface area contributed by atoms with Crippen molar-refractivity contribution >= 4 is 29.3 Å². The molecule has 174 valence electrons. The van der Waals surface area contributed by atoms with E-state index in [0.717, 1.165) is 38.0 Å². The minimum Gasteiger partial charge on any atom is -0.461 e. The first-order valence-electron chi connectivity index (χ1n) is 11.4. The van der Waals surface area contributed by atoms with E-state index in [1.807, 2.05) is 45.9 Å². The van der Waals surface area contributed by atoms with Crippen LogP contribution in [0, 0.1) is 5.92 Å². The second-order valence-electron chi connectivity index (χ2n) is 8.37. The highest BCUT2D eigenvalue weighted by molar-refractivity contribution is 7.99. The van der Waals surface area contributed by atoms with Crippen LogP contribution >= 0.6 is 23.4 Å². The van der Waals surface area contributed by atoms with Crippen LogP contribution in [0.5, 0.6) is 0 Å². The van der Waals surface area contributed by atoms with Crippen LogP contribution in [-0.4, -0.2) is 44.4 Å². The van der Waals surface area contributed by atoms with Crippen molar-refractivity contribution in [1.82, 2.24) is 19.7 Å². The maximum Gasteiger partial charge on any atom is 0.233 e. The molecule has 34 heavy (non-hydrogen) atoms. The number of piperidine rings is 1. The Morgan fingerprint density at radius 1 is 1.00 bits per heavy atom. The maximum atomic E-state index is 13.0. The number of aromatic nitrogens is 3. The highest BCUT2D eigenvalue weighted by atomic mass is 35.5. The number of hydrogen-bond acceptors (Lipinski definition) is 5. The lowest BCUT2D eigenvalue weighted by Crippen LogP contribution is -2.39. The van der Waals surface area contributed by atoms with Crippen molar-refractivity contribution in [3.05, 3.63) is 83.6 Å². The van der Waals surface area contributed by atoms with E-state index in [2.05, 4.69) is 34.5 Å². The zero-order chi connectivity index (χ0) is 23.3. The molecule has 2 aromatic carbocycles. The number of para-hydroxylation sites is 1. The molecular formula is C26H25ClN4O2S. The van der Waals surface area contributed by atoms with Gasteiger partial charge in [0.1, 0.15) is 0 Å². The van der Waals surface area contributed by atoms with Gasteiger partial charge in [0.25, 0.3) is 0 Å². The third-order valence-corrected chi connectivity index (χ3v) is 7.36. The number of rotatable bonds is 7. The molecule has 1 saturated heterocycles. The van der Waals surface area contributed by atoms with Crippen molar-refractivity contribution in [3.8, 4) is 17.3 Å². The highest BCUT2D eigenvalue weighted by Gasteiger charge is 2.25. The van der Waals surface area contributed by atoms with Crippen molar-refractivity contribution in [1.29, 1.82) is 0 Å². The van der Waals surface area contributed by atoms with Gasteiger partial charge >= 0.3 is 0 Å². The van der Waals surface area contributed by atoms with E-state index in [-0.39, 0.29) is 5.91 Å². The van der Waals surface area contributed by atoms with E-state index >= 15 is 0 Å². The van der Waals surface area contributed by atoms with Crippen LogP contribution in [0.15, 0.2) is 82.6 Å². The van der Waals surface area contributed by atoms with E-state index in [1.165, 1.54) is 17.3 Å². The quantitative estimate of drug-likeness (QED) is 0.307. The molecule has 0 saturated carbocycles. The second kappa shape index (κ2) is 10.5. The molecule has 6 nitrogen and oxygen atoms in total. The number of carbonyl (C=O) groups excluding carboxylic acids is 1. The Kier molecular flexibility index (Phi) is 7.02. The summed E-state index contributed by atoms with van der Waals surface area (Å²) in [4.78, 5) is 15.0. The highest BCUT2D eigenvalue weighted by Crippen LogP contribution is 2.32. The number of likely N-dealkylation sites (tertiary alicyclic amines) is 1. The fourth-order valence-corrected chi connectivity index (χ4v) is 5.40. The molecule has 0 N–H and O–H groups in total. The Labute approximate surface area is 207 Å². The summed E-state index contributed by atoms with van der Waals surface area (Å²) in [7, 11) is 0. The lowest BCUT2D eigenvalue weighted by atomic mass is 9.90. The van der Waals surface area contributed by atoms with Gasteiger partial charge in [-0.05, 0) is 55.0 Å². The average Bonchev–Trinajstić information content (AvgIpc) is 3.54. The molecule has 0 bridgehead atoms. The number of carbonyl (C=O) groups is 1. The normalized spacial score (nSPS) is 14.4. The number of benzene rings is 2. The number of furan rings is 1. The first-order valence-corrected chi connectivity index (χ1v) is 12.7. The number of halogens is 1. The second-order valence-corrected chi connectivity index (χ2v) is 9.72. The van der Waals surface area contributed by atoms with Gasteiger partial charge in [-0.1, -0.05) is 65.8 Å². The fraction of sp³-hybridized carbons (Fsp3) is 0.269. The van der Waals surface area contributed by atoms with Crippen molar-refractivity contribution in [2.75, 3.05) is 18.8 Å². The van der Waals surface area contributed by atoms with Crippen molar-refractivity contribution in [2.24, 2.45) is 5.92 Å². The van der Waals surface area contributed by atoms with Gasteiger partial charge in [0, 0.05) is 13.1 Å². The van der Waals surface area contributed by atoms with Gasteiger partial charge in [-0.3, -0.25) is 9.36 Å². The lowest BCUT2D eigenvalue weighted by molar-refractivity contribution is -0.129. The zero-order valence-corrected chi connectivity index (χ0v) is 20.2. The summed E-state index contributed by atoms with van der Waals surface area (Å²) in [5.41, 5.74) is 2.12. The lowest BCUT2D eigenvalue weighted by Gasteiger charge is -2.32. The van der Waals surface area contributed by atoms with Crippen molar-refractivity contribution < 1.29 is 9.21 Å². The maximum absolute atomic E-state index is 13.0. The molecule has 0 spiro atoms. The van der Waals surface area contributed by atoms with Gasteiger partial charge in [-0.2, -0.15) is 0 Å². The van der Waals surface area contributed by atoms with Gasteiger partial charge in [-0.15, -0.1) is 10.2 Å². The van der Waals surface area contributed by atoms with E-state index in [4.69, 9.17) is 16.0 Å². The van der Waals surface area contributed by atoms with Crippen LogP contribution in [0.1, 0.15) is 18.4 Å². The van der Waals surface area contributed by atoms with Crippen LogP contribution < -0.4 is 0 Å². The van der Waals surface area contributed by atoms with Gasteiger partial charge in [0.2, 0.25) is 11.7 Å². The Morgan fingerprint density at radius 3 is 2.50 bits per heavy atom. The molecular weight excluding hydrogens is 468 g/mol. The van der Waals surface area contributed by atoms with Gasteiger partial charge in [0.15, 0.2) is 10.9 Å². The summed E-state index contributed by atoms with van der Waals surface area (Å²) in [6.45, 7) is 1.59. The number of hydrogen-bond donors (Lipinski definition) is 0. The molecule has 1 fully saturated rings. The third-order valence-electron chi connectivity index (χ3n) is 6.13. The Hall–Kier alpha value is -3.03. The summed E-state index contributed by atoms with van der Waals surface area (Å²) in [6.07, 6.45) is 4.74. The molecule has 1 aliphatic rings. The fourth-order valence-electron chi connectivity index (χ4n) is 4.33. The van der Waals surface area contributed by atoms with Crippen LogP contribution in [0.25, 0.3) is 17.3 Å². The van der Waals surface area contributed by atoms with E-state index < -0.39 is 0 Å². The average molecular weight is 493 g/mol. The molecule has 8 heteroatoms. The molecule has 0 atom stereocenters. The van der Waals surface area contributed by atoms with Crippen molar-refractivity contribution in [3.63, 3.8) is 0 Å². The Balaban J connectivity index is 1.25. The summed E-state index contributed by atoms with van der Waals surface area (Å²) < 4.78 is 7.41. The topological polar surface area (TPSA) is 64.2 Å². The molecule has 0 aliphatic carbocycles. The smallest absolute Gasteiger partial charge is 0.233 e. The molecule has 1 aliphatic heterocycles. The summed E-state index contributed by atoms with van der Waals surface area (Å²) in [5, 5.41) is 9.86. The molecule has 1 amide bonds. The van der Waals surface area contributed by atoms with E-state index in [1.54, 1.807) is 12.3 Å². The molecule has 0 radical (unpaired) electrons. The van der Waals surface area contributed by atoms with E-state index in [9.17, 15) is 4.79 Å². The largest absolute Gasteiger partial charge is 0.461 e. The van der Waals surface area contributed by atoms with E-state index in [0.29, 0.717) is 33.4 Å². The number of nitrogens with zero attached hydrogens (tertiary/aromatic N) is 4. The summed E-state index contributed by atoms with van der Waals surface area (Å²) in [5.74, 6) is 2.18. The number of amides is 1. The SMILES string of the molecule is O=C(CSc1nnc(-c2ccco2)n1-c1ccccc1Cl)N1CCC(Cc2ccccc2)CC1. The first-order chi connectivity index (χ1) is 16.7. The molecule has 3 heterocycles. The van der Waals surface area contributed by atoms with Gasteiger partial charge in [-0.25, -0.2) is 0 Å². The molecule has 5 rings (SSSR count). The Bertz CT molecular complexity index is 1230. The van der Waals surface area contributed by atoms with Gasteiger partial charge < -0.3 is 9.32 Å². The standard InChI is InChI=1S/C26H25ClN4O2S/c27-21-9-4-5-10-22(21)31-25(23-11-6-16-33-23)28-29-26(31)34-18-24(32)30-14-12-20(13-15-30)17-19-7-2-1-3-8-19/h1-11,16,20H,12-15,17-18H2. The van der Waals surface area contributed by atoms with Crippen molar-refractivity contribution in [2.45, 2.75) is 24.4 Å². The zero-order valence-electron chi connectivity index (χ0n) is 18.6. The predicted molar refractivity (Wildman–Crippen MR) is 134 cm³/mol. The minimum absolute atomic E-state index is 0.122. The minimum atomic E-state index is 0.122. The first kappa shape index (κ1) is 22.7. The monoisotopic (exact) mass is 492 g/mol. The predicted octanol–water partition coefficient (Wildman–Crippen LogP) is 5.75. The summed E-state index contributed by atoms with van der Waals surface area (Å²) in [6, 6.07) is 21.7. The summed E-state index contributed by atoms with van der Waals surface area (Å²) >= 11 is 7.86. The van der Waals surface area contributed by atoms with Crippen LogP contribution in [-0.2, 0) is 11.2 Å². The van der Waals surface area contributed by atoms with Crippen LogP contribution in [0.3, 0.4) is 0 Å². The van der Waals surface area contributed by atoms with Crippen LogP contribution in [0.2, 0.25) is 5.02 Å². The molecule has 4 aromatic rings. The van der Waals surface area contributed by atoms with Crippen LogP contribution in [0.4, 0.5) is 0 Å².